The maximum atomic E-state index is 11.4. The largest absolute Gasteiger partial charge is 0.504 e. The summed E-state index contributed by atoms with van der Waals surface area (Å²) in [6.45, 7) is 8.90. The molecule has 3 aromatic heterocycles. The van der Waals surface area contributed by atoms with Crippen LogP contribution in [0.4, 0.5) is 0 Å². The summed E-state index contributed by atoms with van der Waals surface area (Å²) >= 11 is 0. The van der Waals surface area contributed by atoms with Gasteiger partial charge in [-0.25, -0.2) is 0 Å². The summed E-state index contributed by atoms with van der Waals surface area (Å²) in [4.78, 5) is 15.1. The van der Waals surface area contributed by atoms with Crippen LogP contribution < -0.4 is 0 Å². The lowest BCUT2D eigenvalue weighted by atomic mass is 9.82. The minimum atomic E-state index is -1.08. The van der Waals surface area contributed by atoms with E-state index in [-0.39, 0.29) is 28.6 Å². The van der Waals surface area contributed by atoms with Crippen molar-refractivity contribution in [3.05, 3.63) is 144 Å². The highest BCUT2D eigenvalue weighted by atomic mass is 16.4. The molecule has 0 saturated heterocycles. The Morgan fingerprint density at radius 1 is 0.377 bits per heavy atom. The summed E-state index contributed by atoms with van der Waals surface area (Å²) < 4.78 is 3.91. The van der Waals surface area contributed by atoms with E-state index in [0.29, 0.717) is 0 Å². The Kier molecular flexibility index (Phi) is 6.72. The van der Waals surface area contributed by atoms with Gasteiger partial charge in [0.1, 0.15) is 5.56 Å². The van der Waals surface area contributed by atoms with Gasteiger partial charge in [-0.3, -0.25) is 9.13 Å². The van der Waals surface area contributed by atoms with Crippen LogP contribution in [-0.4, -0.2) is 49.6 Å². The molecule has 2 aliphatic rings. The maximum absolute atomic E-state index is 11.4. The van der Waals surface area contributed by atoms with Crippen LogP contribution in [0, 0.1) is 0 Å². The van der Waals surface area contributed by atoms with E-state index in [0.717, 1.165) is 65.9 Å². The summed E-state index contributed by atoms with van der Waals surface area (Å²) in [5.41, 5.74) is 11.6. The molecular formula is C51H37N5O5. The fourth-order valence-corrected chi connectivity index (χ4v) is 10.3. The van der Waals surface area contributed by atoms with E-state index in [9.17, 15) is 25.5 Å². The molecule has 10 nitrogen and oxygen atoms in total. The first kappa shape index (κ1) is 35.1. The molecule has 0 amide bonds. The zero-order valence-corrected chi connectivity index (χ0v) is 33.5. The maximum Gasteiger partial charge on any atom is 0.240 e. The third kappa shape index (κ3) is 4.43. The number of fused-ring (bicyclic) bond motifs is 12. The zero-order valence-electron chi connectivity index (χ0n) is 33.5. The Morgan fingerprint density at radius 3 is 1.23 bits per heavy atom. The van der Waals surface area contributed by atoms with Gasteiger partial charge in [-0.2, -0.15) is 15.0 Å². The Balaban J connectivity index is 1.21. The molecule has 0 atom stereocenters. The molecular weight excluding hydrogens is 763 g/mol. The van der Waals surface area contributed by atoms with E-state index in [1.165, 1.54) is 22.3 Å². The normalized spacial score (nSPS) is 14.5. The third-order valence-electron chi connectivity index (χ3n) is 13.4. The molecule has 0 radical (unpaired) electrons. The third-order valence-corrected chi connectivity index (χ3v) is 13.4. The van der Waals surface area contributed by atoms with Crippen molar-refractivity contribution in [1.82, 2.24) is 24.1 Å². The molecule has 61 heavy (non-hydrogen) atoms. The molecule has 296 valence electrons. The van der Waals surface area contributed by atoms with Gasteiger partial charge in [0.05, 0.1) is 22.1 Å². The molecule has 0 bridgehead atoms. The quantitative estimate of drug-likeness (QED) is 0.0876. The fourth-order valence-electron chi connectivity index (χ4n) is 10.3. The van der Waals surface area contributed by atoms with Crippen molar-refractivity contribution >= 4 is 43.6 Å². The molecule has 2 aliphatic carbocycles. The summed E-state index contributed by atoms with van der Waals surface area (Å²) in [5.74, 6) is -4.89. The SMILES string of the molecule is CC1(C)c2ccccc2-c2cc3c4ccccc4n(-c4nc(-c5c(O)c(O)c(O)c(O)c5O)nc(-n5c6ccccc6c6cc7c(cc65)C(C)(C)c5ccccc5-7)n4)c3cc21. The molecule has 0 spiro atoms. The van der Waals surface area contributed by atoms with Gasteiger partial charge in [0, 0.05) is 32.4 Å². The van der Waals surface area contributed by atoms with Crippen LogP contribution in [0.1, 0.15) is 49.9 Å². The molecule has 0 saturated carbocycles. The Labute approximate surface area is 348 Å². The lowest BCUT2D eigenvalue weighted by Gasteiger charge is -2.22. The van der Waals surface area contributed by atoms with Crippen molar-refractivity contribution in [1.29, 1.82) is 0 Å². The highest BCUT2D eigenvalue weighted by molar-refractivity contribution is 6.13. The first-order valence-corrected chi connectivity index (χ1v) is 20.2. The van der Waals surface area contributed by atoms with E-state index in [1.807, 2.05) is 45.5 Å². The second-order valence-electron chi connectivity index (χ2n) is 17.3. The van der Waals surface area contributed by atoms with E-state index in [4.69, 9.17) is 15.0 Å². The topological polar surface area (TPSA) is 150 Å². The van der Waals surface area contributed by atoms with Crippen LogP contribution in [0.2, 0.25) is 0 Å². The smallest absolute Gasteiger partial charge is 0.240 e. The Hall–Kier alpha value is -7.85. The average molecular weight is 800 g/mol. The van der Waals surface area contributed by atoms with Gasteiger partial charge < -0.3 is 25.5 Å². The standard InChI is InChI=1S/C51H37N5O5/c1-50(2)33-17-9-5-13-25(33)29-21-31-27-15-7-11-19-37(27)55(39(31)23-35(29)50)48-52-47(41-42(57)44(59)46(61)45(60)43(41)58)53-49(54-48)56-38-20-12-8-16-28(38)32-22-30-26-14-6-10-18-34(26)51(3,4)36(30)24-40(32)56/h5-24,57-61H,1-4H3. The van der Waals surface area contributed by atoms with Crippen LogP contribution in [0.3, 0.4) is 0 Å². The number of hydrogen-bond acceptors (Lipinski definition) is 8. The van der Waals surface area contributed by atoms with Crippen LogP contribution in [-0.2, 0) is 10.8 Å². The summed E-state index contributed by atoms with van der Waals surface area (Å²) in [7, 11) is 0. The van der Waals surface area contributed by atoms with Crippen LogP contribution >= 0.6 is 0 Å². The number of nitrogens with zero attached hydrogens (tertiary/aromatic N) is 5. The molecule has 10 aromatic rings. The number of para-hydroxylation sites is 2. The average Bonchev–Trinajstić information content (AvgIpc) is 3.92. The molecule has 0 fully saturated rings. The van der Waals surface area contributed by atoms with Crippen molar-refractivity contribution in [2.45, 2.75) is 38.5 Å². The van der Waals surface area contributed by atoms with Crippen molar-refractivity contribution in [2.75, 3.05) is 0 Å². The number of hydrogen-bond donors (Lipinski definition) is 5. The van der Waals surface area contributed by atoms with Crippen molar-refractivity contribution in [3.63, 3.8) is 0 Å². The van der Waals surface area contributed by atoms with Crippen LogP contribution in [0.15, 0.2) is 121 Å². The lowest BCUT2D eigenvalue weighted by molar-refractivity contribution is 0.329. The summed E-state index contributed by atoms with van der Waals surface area (Å²) in [5, 5.41) is 58.6. The fraction of sp³-hybridized carbons (Fsp3) is 0.118. The molecule has 12 rings (SSSR count). The first-order chi connectivity index (χ1) is 29.4. The Bertz CT molecular complexity index is 3390. The minimum absolute atomic E-state index is 0.158. The highest BCUT2D eigenvalue weighted by Crippen LogP contribution is 2.55. The summed E-state index contributed by atoms with van der Waals surface area (Å²) in [6.07, 6.45) is 0. The highest BCUT2D eigenvalue weighted by Gasteiger charge is 2.38. The van der Waals surface area contributed by atoms with Gasteiger partial charge in [0.15, 0.2) is 17.3 Å². The number of aromatic hydroxyl groups is 5. The van der Waals surface area contributed by atoms with Crippen molar-refractivity contribution in [3.8, 4) is 74.3 Å². The lowest BCUT2D eigenvalue weighted by Crippen LogP contribution is -2.15. The molecule has 0 aliphatic heterocycles. The number of rotatable bonds is 3. The number of phenols is 5. The van der Waals surface area contributed by atoms with E-state index in [2.05, 4.69) is 113 Å². The van der Waals surface area contributed by atoms with Gasteiger partial charge >= 0.3 is 0 Å². The predicted octanol–water partition coefficient (Wildman–Crippen LogP) is 10.9. The van der Waals surface area contributed by atoms with Crippen molar-refractivity contribution in [2.24, 2.45) is 0 Å². The molecule has 0 unspecified atom stereocenters. The minimum Gasteiger partial charge on any atom is -0.504 e. The van der Waals surface area contributed by atoms with Crippen LogP contribution in [0.5, 0.6) is 28.7 Å². The number of benzene rings is 7. The van der Waals surface area contributed by atoms with Crippen molar-refractivity contribution < 1.29 is 25.5 Å². The van der Waals surface area contributed by atoms with Gasteiger partial charge in [-0.05, 0) is 80.9 Å². The van der Waals surface area contributed by atoms with Gasteiger partial charge in [0.2, 0.25) is 29.1 Å². The monoisotopic (exact) mass is 799 g/mol. The number of phenolic OH excluding ortho intramolecular Hbond substituents is 5. The van der Waals surface area contributed by atoms with E-state index >= 15 is 0 Å². The molecule has 7 aromatic carbocycles. The molecule has 10 heteroatoms. The molecule has 3 heterocycles. The van der Waals surface area contributed by atoms with Gasteiger partial charge in [0.25, 0.3) is 0 Å². The predicted molar refractivity (Wildman–Crippen MR) is 237 cm³/mol. The van der Waals surface area contributed by atoms with Crippen LogP contribution in [0.25, 0.3) is 89.2 Å². The van der Waals surface area contributed by atoms with E-state index in [1.54, 1.807) is 0 Å². The second kappa shape index (κ2) is 11.7. The number of aromatic nitrogens is 5. The Morgan fingerprint density at radius 2 is 0.770 bits per heavy atom. The summed E-state index contributed by atoms with van der Waals surface area (Å²) in [6, 6.07) is 41.9. The second-order valence-corrected chi connectivity index (χ2v) is 17.3. The van der Waals surface area contributed by atoms with E-state index < -0.39 is 34.3 Å². The molecule has 5 N–H and O–H groups in total. The zero-order chi connectivity index (χ0) is 41.9. The first-order valence-electron chi connectivity index (χ1n) is 20.2. The van der Waals surface area contributed by atoms with Gasteiger partial charge in [-0.1, -0.05) is 113 Å². The van der Waals surface area contributed by atoms with Gasteiger partial charge in [-0.15, -0.1) is 0 Å².